The van der Waals surface area contributed by atoms with E-state index >= 15 is 0 Å². The number of hydrogen-bond acceptors (Lipinski definition) is 3. The standard InChI is InChI=1S/C22H20BrClN2O3S/c1-16-2-10-20(11-3-16)25-22(27)15-26(14-17-4-6-18(23)7-5-17)30(28,29)21-12-8-19(24)9-13-21/h2-13H,14-15H2,1H3,(H,25,27). The molecule has 156 valence electrons. The van der Waals surface area contributed by atoms with Crippen molar-refractivity contribution in [3.63, 3.8) is 0 Å². The molecule has 0 heterocycles. The van der Waals surface area contributed by atoms with Gasteiger partial charge in [-0.05, 0) is 61.0 Å². The number of carbonyl (C=O) groups excluding carboxylic acids is 1. The largest absolute Gasteiger partial charge is 0.325 e. The molecule has 0 saturated heterocycles. The third-order valence-electron chi connectivity index (χ3n) is 4.38. The highest BCUT2D eigenvalue weighted by Gasteiger charge is 2.27. The molecule has 3 aromatic carbocycles. The average Bonchev–Trinajstić information content (AvgIpc) is 2.71. The number of carbonyl (C=O) groups is 1. The van der Waals surface area contributed by atoms with Crippen LogP contribution in [0.5, 0.6) is 0 Å². The summed E-state index contributed by atoms with van der Waals surface area (Å²) in [5.74, 6) is -0.423. The van der Waals surface area contributed by atoms with Gasteiger partial charge in [-0.15, -0.1) is 0 Å². The predicted molar refractivity (Wildman–Crippen MR) is 123 cm³/mol. The molecule has 0 unspecified atom stereocenters. The summed E-state index contributed by atoms with van der Waals surface area (Å²) >= 11 is 9.26. The number of nitrogens with one attached hydrogen (secondary N) is 1. The van der Waals surface area contributed by atoms with Crippen LogP contribution in [0.25, 0.3) is 0 Å². The zero-order valence-electron chi connectivity index (χ0n) is 16.2. The molecule has 0 aliphatic carbocycles. The van der Waals surface area contributed by atoms with E-state index in [1.54, 1.807) is 12.1 Å². The zero-order valence-corrected chi connectivity index (χ0v) is 19.3. The van der Waals surface area contributed by atoms with E-state index < -0.39 is 15.9 Å². The van der Waals surface area contributed by atoms with Crippen molar-refractivity contribution in [3.05, 3.63) is 93.4 Å². The van der Waals surface area contributed by atoms with E-state index in [2.05, 4.69) is 21.2 Å². The van der Waals surface area contributed by atoms with Crippen LogP contribution < -0.4 is 5.32 Å². The van der Waals surface area contributed by atoms with Crippen molar-refractivity contribution < 1.29 is 13.2 Å². The third-order valence-corrected chi connectivity index (χ3v) is 6.97. The van der Waals surface area contributed by atoms with Gasteiger partial charge in [-0.25, -0.2) is 8.42 Å². The van der Waals surface area contributed by atoms with Crippen molar-refractivity contribution in [2.45, 2.75) is 18.4 Å². The Kier molecular flexibility index (Phi) is 7.31. The molecule has 8 heteroatoms. The smallest absolute Gasteiger partial charge is 0.243 e. The number of rotatable bonds is 7. The van der Waals surface area contributed by atoms with Crippen LogP contribution in [0.15, 0.2) is 82.2 Å². The number of benzene rings is 3. The minimum absolute atomic E-state index is 0.0551. The van der Waals surface area contributed by atoms with Crippen molar-refractivity contribution in [2.75, 3.05) is 11.9 Å². The van der Waals surface area contributed by atoms with Gasteiger partial charge in [0, 0.05) is 21.7 Å². The minimum atomic E-state index is -3.92. The molecule has 0 radical (unpaired) electrons. The molecule has 1 N–H and O–H groups in total. The summed E-state index contributed by atoms with van der Waals surface area (Å²) in [7, 11) is -3.92. The van der Waals surface area contributed by atoms with E-state index in [9.17, 15) is 13.2 Å². The second-order valence-corrected chi connectivity index (χ2v) is 10.1. The van der Waals surface area contributed by atoms with Crippen LogP contribution in [-0.2, 0) is 21.4 Å². The normalized spacial score (nSPS) is 11.5. The number of hydrogen-bond donors (Lipinski definition) is 1. The molecule has 0 aliphatic heterocycles. The van der Waals surface area contributed by atoms with Gasteiger partial charge in [0.05, 0.1) is 11.4 Å². The van der Waals surface area contributed by atoms with Crippen LogP contribution in [0.1, 0.15) is 11.1 Å². The van der Waals surface area contributed by atoms with Gasteiger partial charge in [0.25, 0.3) is 0 Å². The first-order chi connectivity index (χ1) is 14.2. The summed E-state index contributed by atoms with van der Waals surface area (Å²) in [5.41, 5.74) is 2.44. The zero-order chi connectivity index (χ0) is 21.7. The molecule has 3 aromatic rings. The lowest BCUT2D eigenvalue weighted by molar-refractivity contribution is -0.116. The number of sulfonamides is 1. The summed E-state index contributed by atoms with van der Waals surface area (Å²) in [5, 5.41) is 3.19. The molecule has 0 saturated carbocycles. The molecular formula is C22H20BrClN2O3S. The maximum atomic E-state index is 13.2. The maximum Gasteiger partial charge on any atom is 0.243 e. The van der Waals surface area contributed by atoms with Gasteiger partial charge in [-0.2, -0.15) is 4.31 Å². The Morgan fingerprint density at radius 2 is 1.57 bits per heavy atom. The van der Waals surface area contributed by atoms with Crippen LogP contribution in [0.4, 0.5) is 5.69 Å². The molecule has 0 bridgehead atoms. The second kappa shape index (κ2) is 9.75. The molecule has 0 atom stereocenters. The van der Waals surface area contributed by atoms with E-state index in [1.165, 1.54) is 24.3 Å². The van der Waals surface area contributed by atoms with E-state index in [1.807, 2.05) is 43.3 Å². The van der Waals surface area contributed by atoms with Gasteiger partial charge in [-0.3, -0.25) is 4.79 Å². The highest BCUT2D eigenvalue weighted by Crippen LogP contribution is 2.21. The Morgan fingerprint density at radius 1 is 0.967 bits per heavy atom. The van der Waals surface area contributed by atoms with Crippen molar-refractivity contribution in [3.8, 4) is 0 Å². The Hall–Kier alpha value is -2.19. The first-order valence-electron chi connectivity index (χ1n) is 9.11. The van der Waals surface area contributed by atoms with E-state index in [-0.39, 0.29) is 18.0 Å². The quantitative estimate of drug-likeness (QED) is 0.475. The monoisotopic (exact) mass is 506 g/mol. The molecule has 0 fully saturated rings. The van der Waals surface area contributed by atoms with Gasteiger partial charge in [0.2, 0.25) is 15.9 Å². The lowest BCUT2D eigenvalue weighted by atomic mass is 10.2. The first-order valence-corrected chi connectivity index (χ1v) is 11.7. The fourth-order valence-corrected chi connectivity index (χ4v) is 4.55. The third kappa shape index (κ3) is 5.92. The topological polar surface area (TPSA) is 66.5 Å². The van der Waals surface area contributed by atoms with Crippen LogP contribution >= 0.6 is 27.5 Å². The van der Waals surface area contributed by atoms with E-state index in [0.29, 0.717) is 10.7 Å². The highest BCUT2D eigenvalue weighted by molar-refractivity contribution is 9.10. The van der Waals surface area contributed by atoms with Gasteiger partial charge in [-0.1, -0.05) is 57.4 Å². The molecule has 30 heavy (non-hydrogen) atoms. The van der Waals surface area contributed by atoms with Crippen LogP contribution in [0.3, 0.4) is 0 Å². The van der Waals surface area contributed by atoms with Gasteiger partial charge < -0.3 is 5.32 Å². The predicted octanol–water partition coefficient (Wildman–Crippen LogP) is 5.24. The SMILES string of the molecule is Cc1ccc(NC(=O)CN(Cc2ccc(Br)cc2)S(=O)(=O)c2ccc(Cl)cc2)cc1. The summed E-state index contributed by atoms with van der Waals surface area (Å²) in [6.07, 6.45) is 0. The van der Waals surface area contributed by atoms with Crippen LogP contribution in [-0.4, -0.2) is 25.2 Å². The Balaban J connectivity index is 1.86. The summed E-state index contributed by atoms with van der Waals surface area (Å²) in [6, 6.07) is 20.5. The van der Waals surface area contributed by atoms with Crippen LogP contribution in [0, 0.1) is 6.92 Å². The Morgan fingerprint density at radius 3 is 2.17 bits per heavy atom. The molecular weight excluding hydrogens is 488 g/mol. The summed E-state index contributed by atoms with van der Waals surface area (Å²) in [6.45, 7) is 1.68. The Bertz CT molecular complexity index is 1120. The summed E-state index contributed by atoms with van der Waals surface area (Å²) < 4.78 is 28.5. The minimum Gasteiger partial charge on any atom is -0.325 e. The highest BCUT2D eigenvalue weighted by atomic mass is 79.9. The second-order valence-electron chi connectivity index (χ2n) is 6.77. The average molecular weight is 508 g/mol. The number of anilines is 1. The molecule has 3 rings (SSSR count). The lowest BCUT2D eigenvalue weighted by Crippen LogP contribution is -2.37. The van der Waals surface area contributed by atoms with E-state index in [0.717, 1.165) is 19.9 Å². The van der Waals surface area contributed by atoms with Crippen molar-refractivity contribution >= 4 is 49.1 Å². The molecule has 5 nitrogen and oxygen atoms in total. The summed E-state index contributed by atoms with van der Waals surface area (Å²) in [4.78, 5) is 12.7. The first kappa shape index (κ1) is 22.5. The van der Waals surface area contributed by atoms with Crippen LogP contribution in [0.2, 0.25) is 5.02 Å². The lowest BCUT2D eigenvalue weighted by Gasteiger charge is -2.22. The number of aryl methyl sites for hydroxylation is 1. The van der Waals surface area contributed by atoms with Crippen molar-refractivity contribution in [2.24, 2.45) is 0 Å². The fraction of sp³-hybridized carbons (Fsp3) is 0.136. The van der Waals surface area contributed by atoms with Gasteiger partial charge in [0.15, 0.2) is 0 Å². The van der Waals surface area contributed by atoms with Gasteiger partial charge >= 0.3 is 0 Å². The van der Waals surface area contributed by atoms with Crippen molar-refractivity contribution in [1.82, 2.24) is 4.31 Å². The van der Waals surface area contributed by atoms with Crippen molar-refractivity contribution in [1.29, 1.82) is 0 Å². The fourth-order valence-electron chi connectivity index (χ4n) is 2.77. The Labute approximate surface area is 189 Å². The molecule has 0 spiro atoms. The molecule has 0 aromatic heterocycles. The number of nitrogens with zero attached hydrogens (tertiary/aromatic N) is 1. The van der Waals surface area contributed by atoms with Gasteiger partial charge in [0.1, 0.15) is 0 Å². The molecule has 1 amide bonds. The van der Waals surface area contributed by atoms with E-state index in [4.69, 9.17) is 11.6 Å². The molecule has 0 aliphatic rings. The number of amides is 1. The maximum absolute atomic E-state index is 13.2. The number of halogens is 2.